The first-order valence-corrected chi connectivity index (χ1v) is 7.52. The highest BCUT2D eigenvalue weighted by Gasteiger charge is 2.74. The third kappa shape index (κ3) is 7.15. The number of ether oxygens (including phenoxy) is 1. The van der Waals surface area contributed by atoms with Crippen molar-refractivity contribution in [3.63, 3.8) is 0 Å². The summed E-state index contributed by atoms with van der Waals surface area (Å²) in [6, 6.07) is 0. The zero-order chi connectivity index (χ0) is 17.3. The molecule has 134 valence electrons. The standard InChI is InChI=1S/C14H23F7O/c1-2-3-4-5-6-7-8-9-10-11-22-12(15,13(16,17)18)14(19,20)21/h2-11H2,1H3. The van der Waals surface area contributed by atoms with Gasteiger partial charge in [0.05, 0.1) is 6.61 Å². The third-order valence-electron chi connectivity index (χ3n) is 3.28. The van der Waals surface area contributed by atoms with Crippen LogP contribution in [0.5, 0.6) is 0 Å². The molecule has 0 atom stereocenters. The van der Waals surface area contributed by atoms with Crippen LogP contribution < -0.4 is 0 Å². The lowest BCUT2D eigenvalue weighted by Crippen LogP contribution is -2.55. The molecule has 0 N–H and O–H groups in total. The van der Waals surface area contributed by atoms with E-state index in [-0.39, 0.29) is 6.42 Å². The molecule has 0 aromatic rings. The Morgan fingerprint density at radius 3 is 1.32 bits per heavy atom. The van der Waals surface area contributed by atoms with Gasteiger partial charge in [-0.3, -0.25) is 0 Å². The summed E-state index contributed by atoms with van der Waals surface area (Å²) in [4.78, 5) is 0. The summed E-state index contributed by atoms with van der Waals surface area (Å²) in [6.45, 7) is 1.18. The molecule has 0 aliphatic carbocycles. The normalized spacial score (nSPS) is 13.6. The molecule has 0 fully saturated rings. The highest BCUT2D eigenvalue weighted by molar-refractivity contribution is 4.85. The van der Waals surface area contributed by atoms with Crippen molar-refractivity contribution >= 4 is 0 Å². The molecule has 0 rings (SSSR count). The Morgan fingerprint density at radius 2 is 0.955 bits per heavy atom. The van der Waals surface area contributed by atoms with E-state index >= 15 is 0 Å². The number of hydrogen-bond acceptors (Lipinski definition) is 1. The fraction of sp³-hybridized carbons (Fsp3) is 1.00. The van der Waals surface area contributed by atoms with Crippen LogP contribution >= 0.6 is 0 Å². The molecule has 0 bridgehead atoms. The third-order valence-corrected chi connectivity index (χ3v) is 3.28. The minimum Gasteiger partial charge on any atom is -0.332 e. The zero-order valence-corrected chi connectivity index (χ0v) is 12.6. The van der Waals surface area contributed by atoms with Crippen molar-refractivity contribution in [3.8, 4) is 0 Å². The maximum Gasteiger partial charge on any atom is 0.458 e. The summed E-state index contributed by atoms with van der Waals surface area (Å²) in [5.41, 5.74) is 0. The van der Waals surface area contributed by atoms with Crippen molar-refractivity contribution in [1.29, 1.82) is 0 Å². The molecule has 0 aromatic heterocycles. The van der Waals surface area contributed by atoms with Gasteiger partial charge in [0.1, 0.15) is 0 Å². The van der Waals surface area contributed by atoms with Crippen molar-refractivity contribution in [2.75, 3.05) is 6.61 Å². The van der Waals surface area contributed by atoms with Crippen LogP contribution in [0.4, 0.5) is 30.7 Å². The van der Waals surface area contributed by atoms with Gasteiger partial charge in [-0.1, -0.05) is 58.3 Å². The fourth-order valence-electron chi connectivity index (χ4n) is 1.95. The van der Waals surface area contributed by atoms with Crippen molar-refractivity contribution < 1.29 is 35.5 Å². The van der Waals surface area contributed by atoms with Crippen LogP contribution in [0.2, 0.25) is 0 Å². The van der Waals surface area contributed by atoms with Gasteiger partial charge in [-0.05, 0) is 6.42 Å². The molecule has 0 saturated carbocycles. The summed E-state index contributed by atoms with van der Waals surface area (Å²) in [7, 11) is 0. The van der Waals surface area contributed by atoms with E-state index in [0.717, 1.165) is 38.5 Å². The van der Waals surface area contributed by atoms with Gasteiger partial charge in [-0.2, -0.15) is 30.7 Å². The Hall–Kier alpha value is -0.530. The second-order valence-electron chi connectivity index (χ2n) is 5.27. The minimum atomic E-state index is -6.13. The summed E-state index contributed by atoms with van der Waals surface area (Å²) in [6.07, 6.45) is -4.88. The molecular weight excluding hydrogens is 317 g/mol. The molecule has 0 unspecified atom stereocenters. The Morgan fingerprint density at radius 1 is 0.591 bits per heavy atom. The highest BCUT2D eigenvalue weighted by atomic mass is 19.4. The van der Waals surface area contributed by atoms with E-state index in [1.165, 1.54) is 0 Å². The maximum atomic E-state index is 13.1. The van der Waals surface area contributed by atoms with Crippen molar-refractivity contribution in [3.05, 3.63) is 0 Å². The first kappa shape index (κ1) is 21.5. The Bertz CT molecular complexity index is 272. The molecule has 0 amide bonds. The van der Waals surface area contributed by atoms with Gasteiger partial charge in [-0.25, -0.2) is 0 Å². The summed E-state index contributed by atoms with van der Waals surface area (Å²) < 4.78 is 89.5. The highest BCUT2D eigenvalue weighted by Crippen LogP contribution is 2.46. The smallest absolute Gasteiger partial charge is 0.332 e. The van der Waals surface area contributed by atoms with Gasteiger partial charge in [-0.15, -0.1) is 0 Å². The van der Waals surface area contributed by atoms with Gasteiger partial charge in [0.15, 0.2) is 0 Å². The summed E-state index contributed by atoms with van der Waals surface area (Å²) in [5.74, 6) is -5.58. The van der Waals surface area contributed by atoms with Gasteiger partial charge in [0.2, 0.25) is 0 Å². The SMILES string of the molecule is CCCCCCCCCCCOC(F)(C(F)(F)F)C(F)(F)F. The van der Waals surface area contributed by atoms with Crippen molar-refractivity contribution in [2.45, 2.75) is 82.9 Å². The first-order chi connectivity index (χ1) is 10.1. The lowest BCUT2D eigenvalue weighted by molar-refractivity contribution is -0.430. The van der Waals surface area contributed by atoms with Gasteiger partial charge in [0, 0.05) is 0 Å². The predicted octanol–water partition coefficient (Wildman–Crippen LogP) is 6.32. The van der Waals surface area contributed by atoms with Crippen LogP contribution in [0.1, 0.15) is 64.7 Å². The number of rotatable bonds is 11. The monoisotopic (exact) mass is 340 g/mol. The van der Waals surface area contributed by atoms with Crippen LogP contribution in [0.25, 0.3) is 0 Å². The molecule has 0 saturated heterocycles. The van der Waals surface area contributed by atoms with E-state index in [9.17, 15) is 30.7 Å². The average molecular weight is 340 g/mol. The molecular formula is C14H23F7O. The van der Waals surface area contributed by atoms with Gasteiger partial charge in [0.25, 0.3) is 0 Å². The molecule has 0 aliphatic heterocycles. The van der Waals surface area contributed by atoms with Crippen LogP contribution in [0.15, 0.2) is 0 Å². The van der Waals surface area contributed by atoms with E-state index in [0.29, 0.717) is 12.8 Å². The Balaban J connectivity index is 3.89. The number of halogens is 7. The summed E-state index contributed by atoms with van der Waals surface area (Å²) >= 11 is 0. The van der Waals surface area contributed by atoms with E-state index in [2.05, 4.69) is 11.7 Å². The van der Waals surface area contributed by atoms with Crippen molar-refractivity contribution in [2.24, 2.45) is 0 Å². The number of hydrogen-bond donors (Lipinski definition) is 0. The maximum absolute atomic E-state index is 13.1. The number of unbranched alkanes of at least 4 members (excludes halogenated alkanes) is 8. The molecule has 1 nitrogen and oxygen atoms in total. The number of alkyl halides is 7. The largest absolute Gasteiger partial charge is 0.458 e. The first-order valence-electron chi connectivity index (χ1n) is 7.52. The van der Waals surface area contributed by atoms with Crippen LogP contribution in [-0.2, 0) is 4.74 Å². The Kier molecular flexibility index (Phi) is 9.34. The van der Waals surface area contributed by atoms with Crippen LogP contribution in [-0.4, -0.2) is 24.8 Å². The molecule has 22 heavy (non-hydrogen) atoms. The summed E-state index contributed by atoms with van der Waals surface area (Å²) in [5, 5.41) is 0. The van der Waals surface area contributed by atoms with Crippen LogP contribution in [0, 0.1) is 0 Å². The zero-order valence-electron chi connectivity index (χ0n) is 12.6. The van der Waals surface area contributed by atoms with Crippen LogP contribution in [0.3, 0.4) is 0 Å². The molecule has 0 aliphatic rings. The molecule has 0 spiro atoms. The lowest BCUT2D eigenvalue weighted by atomic mass is 10.1. The molecule has 0 radical (unpaired) electrons. The van der Waals surface area contributed by atoms with Crippen molar-refractivity contribution in [1.82, 2.24) is 0 Å². The quantitative estimate of drug-likeness (QED) is 0.316. The molecule has 0 aromatic carbocycles. The van der Waals surface area contributed by atoms with E-state index in [1.54, 1.807) is 0 Å². The van der Waals surface area contributed by atoms with E-state index < -0.39 is 24.8 Å². The minimum absolute atomic E-state index is 0.0349. The lowest BCUT2D eigenvalue weighted by Gasteiger charge is -2.29. The van der Waals surface area contributed by atoms with E-state index in [1.807, 2.05) is 0 Å². The molecule has 0 heterocycles. The predicted molar refractivity (Wildman–Crippen MR) is 69.1 cm³/mol. The second kappa shape index (κ2) is 9.57. The fourth-order valence-corrected chi connectivity index (χ4v) is 1.95. The van der Waals surface area contributed by atoms with Gasteiger partial charge >= 0.3 is 18.2 Å². The van der Waals surface area contributed by atoms with E-state index in [4.69, 9.17) is 0 Å². The molecule has 8 heteroatoms. The second-order valence-corrected chi connectivity index (χ2v) is 5.27. The Labute approximate surface area is 126 Å². The topological polar surface area (TPSA) is 9.23 Å². The average Bonchev–Trinajstić information content (AvgIpc) is 2.38. The van der Waals surface area contributed by atoms with Gasteiger partial charge < -0.3 is 4.74 Å².